The van der Waals surface area contributed by atoms with Gasteiger partial charge in [-0.2, -0.15) is 0 Å². The lowest BCUT2D eigenvalue weighted by Gasteiger charge is -2.07. The van der Waals surface area contributed by atoms with E-state index in [1.165, 1.54) is 6.07 Å². The minimum Gasteiger partial charge on any atom is -0.253 e. The van der Waals surface area contributed by atoms with Crippen molar-refractivity contribution in [3.63, 3.8) is 0 Å². The molecule has 2 aromatic rings. The van der Waals surface area contributed by atoms with Crippen molar-refractivity contribution in [2.75, 3.05) is 0 Å². The maximum Gasteiger partial charge on any atom is 0.149 e. The lowest BCUT2D eigenvalue weighted by Crippen LogP contribution is -1.92. The molecule has 1 nitrogen and oxygen atoms in total. The Bertz CT molecular complexity index is 520. The molecule has 0 unspecified atom stereocenters. The van der Waals surface area contributed by atoms with E-state index in [0.29, 0.717) is 15.6 Å². The lowest BCUT2D eigenvalue weighted by molar-refractivity contribution is 0.624. The molecule has 1 aromatic heterocycles. The van der Waals surface area contributed by atoms with Crippen LogP contribution in [-0.2, 0) is 0 Å². The monoisotopic (exact) mass is 255 g/mol. The van der Waals surface area contributed by atoms with Gasteiger partial charge >= 0.3 is 0 Å². The Kier molecular flexibility index (Phi) is 3.13. The number of pyridine rings is 1. The molecule has 0 N–H and O–H groups in total. The Morgan fingerprint density at radius 1 is 1.19 bits per heavy atom. The Morgan fingerprint density at radius 3 is 2.38 bits per heavy atom. The minimum absolute atomic E-state index is 0.182. The summed E-state index contributed by atoms with van der Waals surface area (Å²) >= 11 is 12.0. The Hall–Kier alpha value is -1.12. The summed E-state index contributed by atoms with van der Waals surface area (Å²) in [7, 11) is 0. The van der Waals surface area contributed by atoms with Crippen LogP contribution in [0, 0.1) is 12.7 Å². The molecule has 1 heterocycles. The first-order valence-corrected chi connectivity index (χ1v) is 5.41. The number of aromatic nitrogens is 1. The van der Waals surface area contributed by atoms with Crippen LogP contribution in [-0.4, -0.2) is 4.98 Å². The quantitative estimate of drug-likeness (QED) is 0.731. The van der Waals surface area contributed by atoms with Crippen LogP contribution < -0.4 is 0 Å². The van der Waals surface area contributed by atoms with Crippen molar-refractivity contribution in [3.05, 3.63) is 51.9 Å². The summed E-state index contributed by atoms with van der Waals surface area (Å²) in [5.74, 6) is -0.421. The summed E-state index contributed by atoms with van der Waals surface area (Å²) < 4.78 is 13.7. The summed E-state index contributed by atoms with van der Waals surface area (Å²) in [5.41, 5.74) is 1.37. The molecule has 0 saturated heterocycles. The van der Waals surface area contributed by atoms with Gasteiger partial charge in [-0.25, -0.2) is 4.39 Å². The zero-order valence-corrected chi connectivity index (χ0v) is 9.98. The van der Waals surface area contributed by atoms with Crippen LogP contribution in [0.4, 0.5) is 4.39 Å². The van der Waals surface area contributed by atoms with E-state index in [1.807, 2.05) is 0 Å². The highest BCUT2D eigenvalue weighted by Gasteiger charge is 2.13. The predicted molar refractivity (Wildman–Crippen MR) is 64.4 cm³/mol. The molecule has 4 heteroatoms. The van der Waals surface area contributed by atoms with E-state index in [9.17, 15) is 4.39 Å². The Morgan fingerprint density at radius 2 is 1.81 bits per heavy atom. The van der Waals surface area contributed by atoms with Gasteiger partial charge < -0.3 is 0 Å². The second-order valence-electron chi connectivity index (χ2n) is 3.44. The molecular formula is C12H8Cl2FN. The molecule has 0 radical (unpaired) electrons. The second kappa shape index (κ2) is 4.40. The van der Waals surface area contributed by atoms with Crippen LogP contribution >= 0.6 is 23.2 Å². The van der Waals surface area contributed by atoms with Gasteiger partial charge in [0.05, 0.1) is 10.0 Å². The van der Waals surface area contributed by atoms with Crippen molar-refractivity contribution in [1.29, 1.82) is 0 Å². The van der Waals surface area contributed by atoms with E-state index in [1.54, 1.807) is 31.3 Å². The minimum atomic E-state index is -0.421. The molecule has 0 amide bonds. The molecule has 0 aliphatic rings. The van der Waals surface area contributed by atoms with E-state index < -0.39 is 5.82 Å². The predicted octanol–water partition coefficient (Wildman–Crippen LogP) is 4.50. The fourth-order valence-corrected chi connectivity index (χ4v) is 2.02. The van der Waals surface area contributed by atoms with Crippen molar-refractivity contribution in [2.24, 2.45) is 0 Å². The van der Waals surface area contributed by atoms with Gasteiger partial charge in [0.25, 0.3) is 0 Å². The van der Waals surface area contributed by atoms with Crippen molar-refractivity contribution in [1.82, 2.24) is 4.98 Å². The van der Waals surface area contributed by atoms with Gasteiger partial charge in [-0.05, 0) is 30.7 Å². The number of aryl methyl sites for hydroxylation is 1. The molecule has 82 valence electrons. The third-order valence-corrected chi connectivity index (χ3v) is 2.81. The largest absolute Gasteiger partial charge is 0.253 e. The topological polar surface area (TPSA) is 12.9 Å². The molecule has 0 saturated carbocycles. The summed E-state index contributed by atoms with van der Waals surface area (Å²) in [6.45, 7) is 1.77. The van der Waals surface area contributed by atoms with Gasteiger partial charge in [-0.1, -0.05) is 29.3 Å². The first kappa shape index (κ1) is 11.4. The molecule has 2 rings (SSSR count). The molecule has 0 bridgehead atoms. The summed E-state index contributed by atoms with van der Waals surface area (Å²) in [6, 6.07) is 6.43. The molecule has 0 spiro atoms. The van der Waals surface area contributed by atoms with Crippen LogP contribution in [0.3, 0.4) is 0 Å². The van der Waals surface area contributed by atoms with Gasteiger partial charge in [-0.15, -0.1) is 0 Å². The van der Waals surface area contributed by atoms with Gasteiger partial charge in [0.2, 0.25) is 0 Å². The molecule has 16 heavy (non-hydrogen) atoms. The van der Waals surface area contributed by atoms with E-state index in [0.717, 1.165) is 5.56 Å². The third kappa shape index (κ3) is 2.04. The van der Waals surface area contributed by atoms with Crippen molar-refractivity contribution < 1.29 is 4.39 Å². The third-order valence-electron chi connectivity index (χ3n) is 2.18. The molecule has 0 aliphatic heterocycles. The van der Waals surface area contributed by atoms with Crippen LogP contribution in [0.25, 0.3) is 11.3 Å². The average molecular weight is 256 g/mol. The smallest absolute Gasteiger partial charge is 0.149 e. The van der Waals surface area contributed by atoms with Crippen LogP contribution in [0.5, 0.6) is 0 Å². The molecule has 0 fully saturated rings. The zero-order chi connectivity index (χ0) is 11.7. The number of benzene rings is 1. The first-order valence-electron chi connectivity index (χ1n) is 4.66. The summed E-state index contributed by atoms with van der Waals surface area (Å²) in [5, 5.41) is 0.783. The summed E-state index contributed by atoms with van der Waals surface area (Å²) in [4.78, 5) is 4.03. The second-order valence-corrected chi connectivity index (χ2v) is 4.25. The number of halogens is 3. The number of nitrogens with zero attached hydrogens (tertiary/aromatic N) is 1. The highest BCUT2D eigenvalue weighted by molar-refractivity contribution is 6.39. The number of hydrogen-bond acceptors (Lipinski definition) is 1. The SMILES string of the molecule is Cc1cnc(-c2c(Cl)cccc2Cl)c(F)c1. The fourth-order valence-electron chi connectivity index (χ4n) is 1.44. The fraction of sp³-hybridized carbons (Fsp3) is 0.0833. The van der Waals surface area contributed by atoms with E-state index >= 15 is 0 Å². The zero-order valence-electron chi connectivity index (χ0n) is 8.47. The number of rotatable bonds is 1. The van der Waals surface area contributed by atoms with Crippen LogP contribution in [0.1, 0.15) is 5.56 Å². The first-order chi connectivity index (χ1) is 7.59. The van der Waals surface area contributed by atoms with Gasteiger partial charge in [0.15, 0.2) is 0 Å². The molecular weight excluding hydrogens is 248 g/mol. The maximum absolute atomic E-state index is 13.7. The van der Waals surface area contributed by atoms with Crippen molar-refractivity contribution in [3.8, 4) is 11.3 Å². The molecule has 0 atom stereocenters. The van der Waals surface area contributed by atoms with Crippen molar-refractivity contribution in [2.45, 2.75) is 6.92 Å². The van der Waals surface area contributed by atoms with Gasteiger partial charge in [0, 0.05) is 11.8 Å². The Balaban J connectivity index is 2.68. The van der Waals surface area contributed by atoms with Crippen molar-refractivity contribution >= 4 is 23.2 Å². The highest BCUT2D eigenvalue weighted by atomic mass is 35.5. The van der Waals surface area contributed by atoms with Gasteiger partial charge in [-0.3, -0.25) is 4.98 Å². The maximum atomic E-state index is 13.7. The van der Waals surface area contributed by atoms with Gasteiger partial charge in [0.1, 0.15) is 11.5 Å². The normalized spacial score (nSPS) is 10.5. The molecule has 1 aromatic carbocycles. The summed E-state index contributed by atoms with van der Waals surface area (Å²) in [6.07, 6.45) is 1.58. The van der Waals surface area contributed by atoms with Crippen LogP contribution in [0.2, 0.25) is 10.0 Å². The van der Waals surface area contributed by atoms with Crippen LogP contribution in [0.15, 0.2) is 30.5 Å². The average Bonchev–Trinajstić information content (AvgIpc) is 2.20. The molecule has 0 aliphatic carbocycles. The van der Waals surface area contributed by atoms with E-state index in [-0.39, 0.29) is 5.69 Å². The van der Waals surface area contributed by atoms with E-state index in [2.05, 4.69) is 4.98 Å². The standard InChI is InChI=1S/C12H8Cl2FN/c1-7-5-10(15)12(16-6-7)11-8(13)3-2-4-9(11)14/h2-6H,1H3. The van der Waals surface area contributed by atoms with E-state index in [4.69, 9.17) is 23.2 Å². The highest BCUT2D eigenvalue weighted by Crippen LogP contribution is 2.34. The number of hydrogen-bond donors (Lipinski definition) is 0. The Labute approximate surface area is 103 Å². The lowest BCUT2D eigenvalue weighted by atomic mass is 10.1.